The van der Waals surface area contributed by atoms with E-state index < -0.39 is 0 Å². The molecule has 0 fully saturated rings. The number of methoxy groups -OCH3 is 1. The summed E-state index contributed by atoms with van der Waals surface area (Å²) in [6.45, 7) is 2.17. The first-order chi connectivity index (χ1) is 12.2. The van der Waals surface area contributed by atoms with Crippen LogP contribution in [0.15, 0.2) is 48.5 Å². The van der Waals surface area contributed by atoms with E-state index in [0.717, 1.165) is 18.8 Å². The molecule has 0 aromatic heterocycles. The maximum atomic E-state index is 5.31. The van der Waals surface area contributed by atoms with Gasteiger partial charge < -0.3 is 10.1 Å². The molecule has 0 radical (unpaired) electrons. The van der Waals surface area contributed by atoms with Gasteiger partial charge in [-0.3, -0.25) is 4.90 Å². The summed E-state index contributed by atoms with van der Waals surface area (Å²) in [7, 11) is 4.00. The second-order valence-corrected chi connectivity index (χ2v) is 7.54. The molecule has 0 amide bonds. The molecule has 0 saturated heterocycles. The van der Waals surface area contributed by atoms with Crippen LogP contribution in [-0.4, -0.2) is 38.2 Å². The van der Waals surface area contributed by atoms with Crippen LogP contribution in [0.3, 0.4) is 0 Å². The van der Waals surface area contributed by atoms with Crippen LogP contribution in [-0.2, 0) is 0 Å². The van der Waals surface area contributed by atoms with Crippen molar-refractivity contribution in [3.05, 3.63) is 65.2 Å². The lowest BCUT2D eigenvalue weighted by atomic mass is 9.74. The van der Waals surface area contributed by atoms with Crippen molar-refractivity contribution in [3.63, 3.8) is 0 Å². The van der Waals surface area contributed by atoms with E-state index in [1.807, 2.05) is 0 Å². The summed E-state index contributed by atoms with van der Waals surface area (Å²) in [6, 6.07) is 15.8. The van der Waals surface area contributed by atoms with E-state index in [-0.39, 0.29) is 0 Å². The van der Waals surface area contributed by atoms with Gasteiger partial charge in [-0.1, -0.05) is 30.3 Å². The minimum absolute atomic E-state index is 0.434. The van der Waals surface area contributed by atoms with Gasteiger partial charge in [-0.05, 0) is 53.9 Å². The van der Waals surface area contributed by atoms with Crippen LogP contribution in [0.2, 0.25) is 0 Å². The summed E-state index contributed by atoms with van der Waals surface area (Å²) >= 11 is 0. The predicted octanol–water partition coefficient (Wildman–Crippen LogP) is 4.09. The highest BCUT2D eigenvalue weighted by molar-refractivity contribution is 5.81. The second kappa shape index (κ2) is 5.63. The summed E-state index contributed by atoms with van der Waals surface area (Å²) in [5.41, 5.74) is 7.25. The Morgan fingerprint density at radius 1 is 1.12 bits per heavy atom. The Morgan fingerprint density at radius 2 is 1.96 bits per heavy atom. The molecule has 2 aromatic carbocycles. The van der Waals surface area contributed by atoms with Crippen LogP contribution in [0.4, 0.5) is 5.69 Å². The number of nitrogens with one attached hydrogen (secondary N) is 1. The zero-order valence-corrected chi connectivity index (χ0v) is 14.8. The molecule has 128 valence electrons. The number of likely N-dealkylation sites (N-methyl/N-ethyl adjacent to an activating group) is 1. The molecule has 3 heteroatoms. The number of hydrogen-bond donors (Lipinski definition) is 1. The van der Waals surface area contributed by atoms with Crippen molar-refractivity contribution in [1.82, 2.24) is 4.90 Å². The Labute approximate surface area is 149 Å². The van der Waals surface area contributed by atoms with Crippen molar-refractivity contribution in [1.29, 1.82) is 0 Å². The summed E-state index contributed by atoms with van der Waals surface area (Å²) in [4.78, 5) is 2.55. The van der Waals surface area contributed by atoms with Gasteiger partial charge in [0.05, 0.1) is 7.11 Å². The highest BCUT2D eigenvalue weighted by Crippen LogP contribution is 2.49. The van der Waals surface area contributed by atoms with E-state index in [9.17, 15) is 0 Å². The van der Waals surface area contributed by atoms with Gasteiger partial charge >= 0.3 is 0 Å². The first-order valence-electron chi connectivity index (χ1n) is 9.17. The van der Waals surface area contributed by atoms with Gasteiger partial charge in [-0.25, -0.2) is 0 Å². The van der Waals surface area contributed by atoms with Crippen molar-refractivity contribution >= 4 is 11.3 Å². The van der Waals surface area contributed by atoms with Gasteiger partial charge in [0, 0.05) is 36.7 Å². The third kappa shape index (κ3) is 2.30. The lowest BCUT2D eigenvalue weighted by molar-refractivity contribution is 0.247. The number of hydrogen-bond acceptors (Lipinski definition) is 3. The van der Waals surface area contributed by atoms with E-state index in [4.69, 9.17) is 4.74 Å². The predicted molar refractivity (Wildman–Crippen MR) is 102 cm³/mol. The third-order valence-electron chi connectivity index (χ3n) is 6.17. The van der Waals surface area contributed by atoms with Gasteiger partial charge in [0.15, 0.2) is 0 Å². The van der Waals surface area contributed by atoms with Crippen molar-refractivity contribution < 1.29 is 4.74 Å². The molecule has 1 N–H and O–H groups in total. The molecule has 3 aliphatic rings. The first-order valence-corrected chi connectivity index (χ1v) is 9.17. The number of ether oxygens (including phenoxy) is 1. The maximum absolute atomic E-state index is 5.31. The number of nitrogens with zero attached hydrogens (tertiary/aromatic N) is 1. The minimum Gasteiger partial charge on any atom is -0.497 e. The molecule has 0 spiro atoms. The van der Waals surface area contributed by atoms with Crippen molar-refractivity contribution in [2.75, 3.05) is 32.6 Å². The Morgan fingerprint density at radius 3 is 2.76 bits per heavy atom. The van der Waals surface area contributed by atoms with Crippen LogP contribution < -0.4 is 10.1 Å². The maximum Gasteiger partial charge on any atom is 0.118 e. The SMILES string of the molecule is COc1ccc([C@@H]2C=C3c4cccc5c4[C@@H](CN5)C[C@H]3N(C)C2)cc1. The molecule has 0 saturated carbocycles. The summed E-state index contributed by atoms with van der Waals surface area (Å²) in [5.74, 6) is 2.02. The fraction of sp³-hybridized carbons (Fsp3) is 0.364. The van der Waals surface area contributed by atoms with Gasteiger partial charge in [0.25, 0.3) is 0 Å². The molecule has 3 atom stereocenters. The van der Waals surface area contributed by atoms with Crippen LogP contribution in [0.1, 0.15) is 34.9 Å². The number of fused-ring (bicyclic) bond motifs is 2. The van der Waals surface area contributed by atoms with Gasteiger partial charge in [0.1, 0.15) is 5.75 Å². The van der Waals surface area contributed by atoms with E-state index >= 15 is 0 Å². The van der Waals surface area contributed by atoms with E-state index in [1.165, 1.54) is 28.8 Å². The lowest BCUT2D eigenvalue weighted by Gasteiger charge is -2.42. The van der Waals surface area contributed by atoms with E-state index in [1.54, 1.807) is 12.7 Å². The molecule has 0 unspecified atom stereocenters. The van der Waals surface area contributed by atoms with E-state index in [2.05, 4.69) is 65.8 Å². The largest absolute Gasteiger partial charge is 0.497 e. The lowest BCUT2D eigenvalue weighted by Crippen LogP contribution is -2.42. The first kappa shape index (κ1) is 15.0. The summed E-state index contributed by atoms with van der Waals surface area (Å²) in [5, 5.41) is 3.60. The molecule has 2 aliphatic heterocycles. The Hall–Kier alpha value is -2.26. The normalized spacial score (nSPS) is 27.1. The molecular weight excluding hydrogens is 308 g/mol. The average molecular weight is 332 g/mol. The average Bonchev–Trinajstić information content (AvgIpc) is 3.07. The number of rotatable bonds is 2. The summed E-state index contributed by atoms with van der Waals surface area (Å²) < 4.78 is 5.31. The van der Waals surface area contributed by atoms with Crippen LogP contribution >= 0.6 is 0 Å². The minimum atomic E-state index is 0.434. The Balaban J connectivity index is 1.59. The summed E-state index contributed by atoms with van der Waals surface area (Å²) in [6.07, 6.45) is 3.76. The third-order valence-corrected chi connectivity index (χ3v) is 6.17. The quantitative estimate of drug-likeness (QED) is 0.896. The molecular formula is C22H24N2O. The van der Waals surface area contributed by atoms with Crippen LogP contribution in [0.5, 0.6) is 5.75 Å². The standard InChI is InChI=1S/C22H24N2O/c1-24-13-16(14-6-8-17(25-2)9-7-14)10-19-18-4-3-5-20-22(18)15(12-23-20)11-21(19)24/h3-10,15-16,21,23H,11-13H2,1-2H3/t15-,16-,21-/m1/s1. The zero-order valence-electron chi connectivity index (χ0n) is 14.8. The molecule has 3 nitrogen and oxygen atoms in total. The van der Waals surface area contributed by atoms with Crippen molar-refractivity contribution in [2.24, 2.45) is 0 Å². The molecule has 1 aliphatic carbocycles. The fourth-order valence-corrected chi connectivity index (χ4v) is 4.90. The Bertz CT molecular complexity index is 840. The van der Waals surface area contributed by atoms with E-state index in [0.29, 0.717) is 17.9 Å². The highest BCUT2D eigenvalue weighted by Gasteiger charge is 2.39. The zero-order chi connectivity index (χ0) is 17.0. The number of benzene rings is 2. The van der Waals surface area contributed by atoms with Crippen molar-refractivity contribution in [3.8, 4) is 5.75 Å². The highest BCUT2D eigenvalue weighted by atomic mass is 16.5. The molecule has 0 bridgehead atoms. The Kier molecular flexibility index (Phi) is 3.39. The molecule has 5 rings (SSSR count). The van der Waals surface area contributed by atoms with Gasteiger partial charge in [-0.2, -0.15) is 0 Å². The molecule has 2 aromatic rings. The fourth-order valence-electron chi connectivity index (χ4n) is 4.90. The van der Waals surface area contributed by atoms with Crippen LogP contribution in [0.25, 0.3) is 5.57 Å². The molecule has 25 heavy (non-hydrogen) atoms. The number of anilines is 1. The second-order valence-electron chi connectivity index (χ2n) is 7.54. The molecule has 2 heterocycles. The smallest absolute Gasteiger partial charge is 0.118 e. The monoisotopic (exact) mass is 332 g/mol. The van der Waals surface area contributed by atoms with Gasteiger partial charge in [-0.15, -0.1) is 0 Å². The topological polar surface area (TPSA) is 24.5 Å². The van der Waals surface area contributed by atoms with Crippen molar-refractivity contribution in [2.45, 2.75) is 24.3 Å². The van der Waals surface area contributed by atoms with Crippen LogP contribution in [0, 0.1) is 0 Å². The van der Waals surface area contributed by atoms with Gasteiger partial charge in [0.2, 0.25) is 0 Å².